The van der Waals surface area contributed by atoms with Crippen LogP contribution in [0, 0.1) is 5.92 Å². The fourth-order valence-corrected chi connectivity index (χ4v) is 2.33. The van der Waals surface area contributed by atoms with Crippen molar-refractivity contribution >= 4 is 21.7 Å². The zero-order valence-electron chi connectivity index (χ0n) is 12.1. The number of nitrogens with two attached hydrogens (primary N) is 1. The second kappa shape index (κ2) is 6.35. The van der Waals surface area contributed by atoms with E-state index in [2.05, 4.69) is 51.8 Å². The molecule has 0 fully saturated rings. The maximum absolute atomic E-state index is 5.97. The number of halogens is 1. The lowest BCUT2D eigenvalue weighted by Gasteiger charge is -2.10. The first kappa shape index (κ1) is 15.0. The van der Waals surface area contributed by atoms with Crippen molar-refractivity contribution in [3.63, 3.8) is 0 Å². The van der Waals surface area contributed by atoms with Gasteiger partial charge in [-0.25, -0.2) is 9.97 Å². The zero-order chi connectivity index (χ0) is 14.7. The Morgan fingerprint density at radius 3 is 2.75 bits per heavy atom. The van der Waals surface area contributed by atoms with Gasteiger partial charge in [0.1, 0.15) is 5.82 Å². The summed E-state index contributed by atoms with van der Waals surface area (Å²) in [5, 5.41) is 4.31. The quantitative estimate of drug-likeness (QED) is 0.908. The Hall–Kier alpha value is -1.43. The molecule has 2 aromatic heterocycles. The predicted octanol–water partition coefficient (Wildman–Crippen LogP) is 3.29. The van der Waals surface area contributed by atoms with Crippen molar-refractivity contribution in [3.8, 4) is 11.4 Å². The third-order valence-electron chi connectivity index (χ3n) is 2.89. The average Bonchev–Trinajstić information content (AvgIpc) is 2.83. The third-order valence-corrected chi connectivity index (χ3v) is 3.76. The van der Waals surface area contributed by atoms with E-state index in [1.165, 1.54) is 0 Å². The van der Waals surface area contributed by atoms with Crippen molar-refractivity contribution in [3.05, 3.63) is 22.6 Å². The summed E-state index contributed by atoms with van der Waals surface area (Å²) in [4.78, 5) is 8.98. The Labute approximate surface area is 127 Å². The molecule has 2 heterocycles. The van der Waals surface area contributed by atoms with E-state index in [-0.39, 0.29) is 0 Å². The van der Waals surface area contributed by atoms with Gasteiger partial charge in [-0.05, 0) is 34.7 Å². The molecular formula is C14H20BrN5. The summed E-state index contributed by atoms with van der Waals surface area (Å²) in [5.74, 6) is 1.63. The maximum atomic E-state index is 5.97. The lowest BCUT2D eigenvalue weighted by atomic mass is 10.1. The van der Waals surface area contributed by atoms with Gasteiger partial charge in [-0.2, -0.15) is 5.10 Å². The highest BCUT2D eigenvalue weighted by molar-refractivity contribution is 9.10. The topological polar surface area (TPSA) is 69.6 Å². The van der Waals surface area contributed by atoms with Crippen molar-refractivity contribution in [2.45, 2.75) is 40.2 Å². The van der Waals surface area contributed by atoms with Crippen molar-refractivity contribution in [1.82, 2.24) is 19.7 Å². The van der Waals surface area contributed by atoms with Crippen molar-refractivity contribution in [1.29, 1.82) is 0 Å². The maximum Gasteiger partial charge on any atom is 0.165 e. The molecule has 0 radical (unpaired) electrons. The molecule has 108 valence electrons. The van der Waals surface area contributed by atoms with Crippen molar-refractivity contribution < 1.29 is 0 Å². The molecule has 0 bridgehead atoms. The number of nitrogen functional groups attached to an aromatic ring is 1. The number of aromatic nitrogens is 4. The molecule has 2 rings (SSSR count). The highest BCUT2D eigenvalue weighted by Crippen LogP contribution is 2.26. The van der Waals surface area contributed by atoms with E-state index in [0.29, 0.717) is 17.6 Å². The van der Waals surface area contributed by atoms with Gasteiger partial charge in [-0.3, -0.25) is 4.68 Å². The van der Waals surface area contributed by atoms with Gasteiger partial charge in [-0.1, -0.05) is 20.8 Å². The molecule has 5 nitrogen and oxygen atoms in total. The van der Waals surface area contributed by atoms with Gasteiger partial charge >= 0.3 is 0 Å². The second-order valence-electron chi connectivity index (χ2n) is 5.28. The number of hydrogen-bond acceptors (Lipinski definition) is 4. The molecule has 0 aliphatic heterocycles. The van der Waals surface area contributed by atoms with E-state index in [1.54, 1.807) is 6.20 Å². The lowest BCUT2D eigenvalue weighted by molar-refractivity contribution is 0.603. The number of nitrogens with zero attached hydrogens (tertiary/aromatic N) is 4. The Balaban J connectivity index is 2.37. The van der Waals surface area contributed by atoms with E-state index in [1.807, 2.05) is 10.9 Å². The Bertz CT molecular complexity index is 591. The van der Waals surface area contributed by atoms with Gasteiger partial charge in [0.05, 0.1) is 21.9 Å². The van der Waals surface area contributed by atoms with Crippen LogP contribution in [0.15, 0.2) is 16.9 Å². The first-order chi connectivity index (χ1) is 9.51. The number of rotatable bonds is 5. The Kier molecular flexibility index (Phi) is 4.75. The van der Waals surface area contributed by atoms with Crippen LogP contribution >= 0.6 is 15.9 Å². The number of anilines is 1. The predicted molar refractivity (Wildman–Crippen MR) is 84.2 cm³/mol. The summed E-state index contributed by atoms with van der Waals surface area (Å²) in [5.41, 5.74) is 7.83. The van der Waals surface area contributed by atoms with Crippen LogP contribution in [-0.2, 0) is 13.0 Å². The van der Waals surface area contributed by atoms with Gasteiger partial charge in [-0.15, -0.1) is 0 Å². The van der Waals surface area contributed by atoms with Gasteiger partial charge < -0.3 is 5.73 Å². The van der Waals surface area contributed by atoms with E-state index in [4.69, 9.17) is 5.73 Å². The first-order valence-corrected chi connectivity index (χ1v) is 7.65. The molecule has 0 unspecified atom stereocenters. The van der Waals surface area contributed by atoms with Crippen molar-refractivity contribution in [2.75, 3.05) is 5.73 Å². The Morgan fingerprint density at radius 2 is 2.10 bits per heavy atom. The highest BCUT2D eigenvalue weighted by Gasteiger charge is 2.13. The second-order valence-corrected chi connectivity index (χ2v) is 6.08. The smallest absolute Gasteiger partial charge is 0.165 e. The summed E-state index contributed by atoms with van der Waals surface area (Å²) in [6, 6.07) is 0. The minimum atomic E-state index is 0.480. The molecule has 0 amide bonds. The average molecular weight is 338 g/mol. The molecule has 0 atom stereocenters. The standard InChI is InChI=1S/C14H20BrN5/c1-4-5-20-8-10(7-17-20)14-18-11(6-9(2)3)12(15)13(16)19-14/h7-9H,4-6H2,1-3H3,(H2,16,18,19). The number of aryl methyl sites for hydroxylation is 1. The molecule has 0 aromatic carbocycles. The molecule has 0 saturated carbocycles. The van der Waals surface area contributed by atoms with E-state index in [0.717, 1.165) is 35.1 Å². The molecule has 2 N–H and O–H groups in total. The van der Waals surface area contributed by atoms with Gasteiger partial charge in [0.25, 0.3) is 0 Å². The SMILES string of the molecule is CCCn1cc(-c2nc(N)c(Br)c(CC(C)C)n2)cn1. The fourth-order valence-electron chi connectivity index (χ4n) is 1.99. The van der Waals surface area contributed by atoms with Crippen LogP contribution < -0.4 is 5.73 Å². The largest absolute Gasteiger partial charge is 0.383 e. The molecule has 0 spiro atoms. The summed E-state index contributed by atoms with van der Waals surface area (Å²) >= 11 is 3.47. The van der Waals surface area contributed by atoms with Crippen LogP contribution in [0.5, 0.6) is 0 Å². The van der Waals surface area contributed by atoms with E-state index in [9.17, 15) is 0 Å². The molecular weight excluding hydrogens is 318 g/mol. The van der Waals surface area contributed by atoms with Crippen LogP contribution in [0.25, 0.3) is 11.4 Å². The molecule has 20 heavy (non-hydrogen) atoms. The van der Waals surface area contributed by atoms with Crippen LogP contribution in [0.3, 0.4) is 0 Å². The summed E-state index contributed by atoms with van der Waals surface area (Å²) in [6.07, 6.45) is 5.66. The zero-order valence-corrected chi connectivity index (χ0v) is 13.7. The molecule has 0 aliphatic rings. The van der Waals surface area contributed by atoms with Crippen LogP contribution in [0.1, 0.15) is 32.9 Å². The van der Waals surface area contributed by atoms with Gasteiger partial charge in [0.2, 0.25) is 0 Å². The summed E-state index contributed by atoms with van der Waals surface area (Å²) in [7, 11) is 0. The highest BCUT2D eigenvalue weighted by atomic mass is 79.9. The minimum absolute atomic E-state index is 0.480. The lowest BCUT2D eigenvalue weighted by Crippen LogP contribution is -2.05. The normalized spacial score (nSPS) is 11.2. The molecule has 2 aromatic rings. The van der Waals surface area contributed by atoms with Crippen LogP contribution in [0.2, 0.25) is 0 Å². The van der Waals surface area contributed by atoms with E-state index >= 15 is 0 Å². The fraction of sp³-hybridized carbons (Fsp3) is 0.500. The number of hydrogen-bond donors (Lipinski definition) is 1. The minimum Gasteiger partial charge on any atom is -0.383 e. The molecule has 0 aliphatic carbocycles. The monoisotopic (exact) mass is 337 g/mol. The summed E-state index contributed by atoms with van der Waals surface area (Å²) < 4.78 is 2.70. The van der Waals surface area contributed by atoms with Crippen LogP contribution in [0.4, 0.5) is 5.82 Å². The van der Waals surface area contributed by atoms with Crippen molar-refractivity contribution in [2.24, 2.45) is 5.92 Å². The Morgan fingerprint density at radius 1 is 1.35 bits per heavy atom. The molecule has 0 saturated heterocycles. The van der Waals surface area contributed by atoms with E-state index < -0.39 is 0 Å². The van der Waals surface area contributed by atoms with Gasteiger partial charge in [0, 0.05) is 12.7 Å². The summed E-state index contributed by atoms with van der Waals surface area (Å²) in [6.45, 7) is 7.33. The van der Waals surface area contributed by atoms with Gasteiger partial charge in [0.15, 0.2) is 5.82 Å². The molecule has 6 heteroatoms. The first-order valence-electron chi connectivity index (χ1n) is 6.86. The van der Waals surface area contributed by atoms with Crippen LogP contribution in [-0.4, -0.2) is 19.7 Å². The third kappa shape index (κ3) is 3.36.